The predicted molar refractivity (Wildman–Crippen MR) is 59.0 cm³/mol. The fourth-order valence-corrected chi connectivity index (χ4v) is 4.00. The van der Waals surface area contributed by atoms with Crippen LogP contribution in [0.1, 0.15) is 52.4 Å². The van der Waals surface area contributed by atoms with Crippen LogP contribution in [0.25, 0.3) is 0 Å². The lowest BCUT2D eigenvalue weighted by atomic mass is 9.60. The van der Waals surface area contributed by atoms with Crippen molar-refractivity contribution < 1.29 is 5.11 Å². The molecular formula is C13H24O. The summed E-state index contributed by atoms with van der Waals surface area (Å²) in [5.41, 5.74) is 0. The van der Waals surface area contributed by atoms with Gasteiger partial charge in [0.15, 0.2) is 0 Å². The summed E-state index contributed by atoms with van der Waals surface area (Å²) < 4.78 is 0. The SMILES string of the molecule is CCC1C2C(O)CCCC2CC[C@@H]1C. The van der Waals surface area contributed by atoms with E-state index in [-0.39, 0.29) is 6.10 Å². The Balaban J connectivity index is 2.12. The molecule has 0 amide bonds. The van der Waals surface area contributed by atoms with Crippen molar-refractivity contribution in [3.05, 3.63) is 0 Å². The Labute approximate surface area is 87.9 Å². The Hall–Kier alpha value is -0.0400. The Kier molecular flexibility index (Phi) is 3.16. The predicted octanol–water partition coefficient (Wildman–Crippen LogP) is 3.22. The Morgan fingerprint density at radius 3 is 2.64 bits per heavy atom. The molecular weight excluding hydrogens is 172 g/mol. The average molecular weight is 196 g/mol. The van der Waals surface area contributed by atoms with Crippen LogP contribution in [0.5, 0.6) is 0 Å². The van der Waals surface area contributed by atoms with Crippen molar-refractivity contribution in [2.24, 2.45) is 23.7 Å². The van der Waals surface area contributed by atoms with Crippen LogP contribution < -0.4 is 0 Å². The highest BCUT2D eigenvalue weighted by atomic mass is 16.3. The zero-order valence-corrected chi connectivity index (χ0v) is 9.58. The number of aliphatic hydroxyl groups is 1. The summed E-state index contributed by atoms with van der Waals surface area (Å²) in [6, 6.07) is 0. The number of rotatable bonds is 1. The molecule has 82 valence electrons. The third-order valence-corrected chi connectivity index (χ3v) is 4.75. The fraction of sp³-hybridized carbons (Fsp3) is 1.00. The van der Waals surface area contributed by atoms with Gasteiger partial charge in [-0.25, -0.2) is 0 Å². The molecule has 1 heteroatoms. The molecule has 4 unspecified atom stereocenters. The lowest BCUT2D eigenvalue weighted by Crippen LogP contribution is -2.43. The van der Waals surface area contributed by atoms with Crippen molar-refractivity contribution in [1.82, 2.24) is 0 Å². The second-order valence-corrected chi connectivity index (χ2v) is 5.46. The van der Waals surface area contributed by atoms with E-state index in [2.05, 4.69) is 13.8 Å². The van der Waals surface area contributed by atoms with Gasteiger partial charge in [0.25, 0.3) is 0 Å². The van der Waals surface area contributed by atoms with Gasteiger partial charge in [-0.1, -0.05) is 33.1 Å². The minimum atomic E-state index is 0.0152. The third kappa shape index (κ3) is 1.71. The lowest BCUT2D eigenvalue weighted by molar-refractivity contribution is -0.0443. The molecule has 1 N–H and O–H groups in total. The van der Waals surface area contributed by atoms with Gasteiger partial charge in [0, 0.05) is 0 Å². The lowest BCUT2D eigenvalue weighted by Gasteiger charge is -2.47. The van der Waals surface area contributed by atoms with E-state index in [0.29, 0.717) is 5.92 Å². The molecule has 0 aromatic heterocycles. The van der Waals surface area contributed by atoms with E-state index in [0.717, 1.165) is 24.2 Å². The Morgan fingerprint density at radius 1 is 1.14 bits per heavy atom. The summed E-state index contributed by atoms with van der Waals surface area (Å²) in [4.78, 5) is 0. The highest BCUT2D eigenvalue weighted by molar-refractivity contribution is 4.91. The smallest absolute Gasteiger partial charge is 0.0573 e. The van der Waals surface area contributed by atoms with Gasteiger partial charge in [-0.3, -0.25) is 0 Å². The van der Waals surface area contributed by atoms with Gasteiger partial charge in [-0.2, -0.15) is 0 Å². The van der Waals surface area contributed by atoms with E-state index in [4.69, 9.17) is 0 Å². The summed E-state index contributed by atoms with van der Waals surface area (Å²) in [5.74, 6) is 3.12. The molecule has 2 fully saturated rings. The van der Waals surface area contributed by atoms with E-state index in [1.165, 1.54) is 32.1 Å². The van der Waals surface area contributed by atoms with Crippen LogP contribution in [0.3, 0.4) is 0 Å². The minimum Gasteiger partial charge on any atom is -0.393 e. The molecule has 0 bridgehead atoms. The monoisotopic (exact) mass is 196 g/mol. The van der Waals surface area contributed by atoms with E-state index in [1.54, 1.807) is 0 Å². The maximum absolute atomic E-state index is 10.1. The van der Waals surface area contributed by atoms with Crippen molar-refractivity contribution in [1.29, 1.82) is 0 Å². The number of hydrogen-bond donors (Lipinski definition) is 1. The van der Waals surface area contributed by atoms with Crippen LogP contribution in [0.2, 0.25) is 0 Å². The summed E-state index contributed by atoms with van der Waals surface area (Å²) >= 11 is 0. The van der Waals surface area contributed by atoms with Crippen LogP contribution >= 0.6 is 0 Å². The van der Waals surface area contributed by atoms with Crippen molar-refractivity contribution in [3.8, 4) is 0 Å². The molecule has 0 aromatic rings. The molecule has 2 aliphatic rings. The molecule has 0 saturated heterocycles. The van der Waals surface area contributed by atoms with Crippen LogP contribution in [-0.4, -0.2) is 11.2 Å². The highest BCUT2D eigenvalue weighted by Crippen LogP contribution is 2.47. The van der Waals surface area contributed by atoms with Crippen LogP contribution in [0, 0.1) is 23.7 Å². The molecule has 2 aliphatic carbocycles. The zero-order valence-electron chi connectivity index (χ0n) is 9.58. The first-order valence-electron chi connectivity index (χ1n) is 6.42. The zero-order chi connectivity index (χ0) is 10.1. The standard InChI is InChI=1S/C13H24O/c1-3-11-9(2)7-8-10-5-4-6-12(14)13(10)11/h9-14H,3-8H2,1-2H3/t9-,10?,11?,12?,13?/m0/s1. The second-order valence-electron chi connectivity index (χ2n) is 5.46. The third-order valence-electron chi connectivity index (χ3n) is 4.75. The van der Waals surface area contributed by atoms with Crippen molar-refractivity contribution >= 4 is 0 Å². The minimum absolute atomic E-state index is 0.0152. The van der Waals surface area contributed by atoms with Gasteiger partial charge in [0.2, 0.25) is 0 Å². The first-order valence-corrected chi connectivity index (χ1v) is 6.42. The molecule has 2 saturated carbocycles. The second kappa shape index (κ2) is 4.22. The van der Waals surface area contributed by atoms with Crippen molar-refractivity contribution in [2.45, 2.75) is 58.5 Å². The largest absolute Gasteiger partial charge is 0.393 e. The number of aliphatic hydroxyl groups excluding tert-OH is 1. The molecule has 5 atom stereocenters. The summed E-state index contributed by atoms with van der Waals surface area (Å²) in [6.45, 7) is 4.68. The maximum Gasteiger partial charge on any atom is 0.0573 e. The van der Waals surface area contributed by atoms with Crippen LogP contribution in [0.15, 0.2) is 0 Å². The summed E-state index contributed by atoms with van der Waals surface area (Å²) in [6.07, 6.45) is 7.75. The highest BCUT2D eigenvalue weighted by Gasteiger charge is 2.41. The summed E-state index contributed by atoms with van der Waals surface area (Å²) in [5, 5.41) is 10.1. The van der Waals surface area contributed by atoms with Crippen molar-refractivity contribution in [2.75, 3.05) is 0 Å². The van der Waals surface area contributed by atoms with Crippen LogP contribution in [-0.2, 0) is 0 Å². The van der Waals surface area contributed by atoms with Crippen LogP contribution in [0.4, 0.5) is 0 Å². The number of hydrogen-bond acceptors (Lipinski definition) is 1. The quantitative estimate of drug-likeness (QED) is 0.682. The Bertz CT molecular complexity index is 190. The molecule has 0 radical (unpaired) electrons. The topological polar surface area (TPSA) is 20.2 Å². The normalized spacial score (nSPS) is 48.6. The molecule has 14 heavy (non-hydrogen) atoms. The van der Waals surface area contributed by atoms with E-state index in [9.17, 15) is 5.11 Å². The molecule has 0 aromatic carbocycles. The number of fused-ring (bicyclic) bond motifs is 1. The maximum atomic E-state index is 10.1. The Morgan fingerprint density at radius 2 is 1.93 bits per heavy atom. The van der Waals surface area contributed by atoms with Gasteiger partial charge >= 0.3 is 0 Å². The van der Waals surface area contributed by atoms with Gasteiger partial charge in [-0.05, 0) is 42.9 Å². The fourth-order valence-electron chi connectivity index (χ4n) is 4.00. The molecule has 0 spiro atoms. The van der Waals surface area contributed by atoms with E-state index in [1.807, 2.05) is 0 Å². The first-order chi connectivity index (χ1) is 6.74. The summed E-state index contributed by atoms with van der Waals surface area (Å²) in [7, 11) is 0. The molecule has 2 rings (SSSR count). The van der Waals surface area contributed by atoms with Gasteiger partial charge in [0.1, 0.15) is 0 Å². The first kappa shape index (κ1) is 10.5. The van der Waals surface area contributed by atoms with Gasteiger partial charge in [-0.15, -0.1) is 0 Å². The van der Waals surface area contributed by atoms with Gasteiger partial charge in [0.05, 0.1) is 6.10 Å². The molecule has 0 aliphatic heterocycles. The van der Waals surface area contributed by atoms with Gasteiger partial charge < -0.3 is 5.11 Å². The van der Waals surface area contributed by atoms with E-state index < -0.39 is 0 Å². The average Bonchev–Trinajstić information content (AvgIpc) is 2.19. The van der Waals surface area contributed by atoms with Crippen molar-refractivity contribution in [3.63, 3.8) is 0 Å². The molecule has 0 heterocycles. The molecule has 1 nitrogen and oxygen atoms in total. The van der Waals surface area contributed by atoms with E-state index >= 15 is 0 Å².